The van der Waals surface area contributed by atoms with E-state index in [2.05, 4.69) is 4.98 Å². The number of fused-ring (bicyclic) bond motifs is 1. The molecule has 6 nitrogen and oxygen atoms in total. The van der Waals surface area contributed by atoms with Crippen molar-refractivity contribution in [2.24, 2.45) is 0 Å². The van der Waals surface area contributed by atoms with Gasteiger partial charge in [0.2, 0.25) is 0 Å². The highest BCUT2D eigenvalue weighted by Crippen LogP contribution is 2.10. The Morgan fingerprint density at radius 1 is 1.59 bits per heavy atom. The van der Waals surface area contributed by atoms with Gasteiger partial charge in [0.05, 0.1) is 6.61 Å². The van der Waals surface area contributed by atoms with Crippen LogP contribution in [0.3, 0.4) is 0 Å². The van der Waals surface area contributed by atoms with Crippen LogP contribution in [0.4, 0.5) is 0 Å². The quantitative estimate of drug-likeness (QED) is 0.614. The molecular weight excluding hydrogens is 224 g/mol. The highest BCUT2D eigenvalue weighted by atomic mass is 16.5. The van der Waals surface area contributed by atoms with E-state index in [1.807, 2.05) is 0 Å². The number of ether oxygens (including phenoxy) is 1. The van der Waals surface area contributed by atoms with Crippen molar-refractivity contribution in [3.63, 3.8) is 0 Å². The van der Waals surface area contributed by atoms with Crippen LogP contribution in [0.5, 0.6) is 0 Å². The fraction of sp³-hybridized carbons (Fsp3) is 0.182. The number of rotatable bonds is 2. The lowest BCUT2D eigenvalue weighted by Crippen LogP contribution is -2.26. The molecule has 0 amide bonds. The second-order valence-corrected chi connectivity index (χ2v) is 3.31. The minimum atomic E-state index is -0.838. The molecule has 0 aromatic carbocycles. The van der Waals surface area contributed by atoms with Gasteiger partial charge in [0.25, 0.3) is 5.56 Å². The van der Waals surface area contributed by atoms with Crippen LogP contribution in [0.25, 0.3) is 11.0 Å². The first-order valence-electron chi connectivity index (χ1n) is 5.02. The monoisotopic (exact) mass is 234 g/mol. The molecule has 0 aliphatic rings. The molecule has 2 aromatic rings. The smallest absolute Gasteiger partial charge is 0.343 e. The predicted octanol–water partition coefficient (Wildman–Crippen LogP) is 0.810. The van der Waals surface area contributed by atoms with E-state index >= 15 is 0 Å². The molecule has 0 spiro atoms. The summed E-state index contributed by atoms with van der Waals surface area (Å²) in [6.07, 6.45) is 1.44. The van der Waals surface area contributed by atoms with Gasteiger partial charge in [0, 0.05) is 11.6 Å². The molecular formula is C11H10N2O4. The third-order valence-electron chi connectivity index (χ3n) is 2.24. The normalized spacial score (nSPS) is 10.4. The van der Waals surface area contributed by atoms with Crippen LogP contribution in [0, 0.1) is 0 Å². The third kappa shape index (κ3) is 1.84. The van der Waals surface area contributed by atoms with E-state index in [-0.39, 0.29) is 17.8 Å². The Kier molecular flexibility index (Phi) is 2.78. The molecule has 0 aliphatic carbocycles. The second-order valence-electron chi connectivity index (χ2n) is 3.31. The van der Waals surface area contributed by atoms with Crippen molar-refractivity contribution >= 4 is 17.0 Å². The van der Waals surface area contributed by atoms with E-state index in [9.17, 15) is 14.8 Å². The molecule has 0 unspecified atom stereocenters. The maximum atomic E-state index is 11.7. The van der Waals surface area contributed by atoms with Gasteiger partial charge < -0.3 is 9.94 Å². The van der Waals surface area contributed by atoms with Crippen LogP contribution < -0.4 is 5.56 Å². The van der Waals surface area contributed by atoms with Crippen LogP contribution in [0.2, 0.25) is 0 Å². The highest BCUT2D eigenvalue weighted by molar-refractivity contribution is 5.92. The number of pyridine rings is 2. The van der Waals surface area contributed by atoms with Gasteiger partial charge in [-0.3, -0.25) is 4.79 Å². The number of carbonyl (C=O) groups excluding carboxylic acids is 1. The largest absolute Gasteiger partial charge is 0.462 e. The summed E-state index contributed by atoms with van der Waals surface area (Å²) in [5.41, 5.74) is -0.949. The lowest BCUT2D eigenvalue weighted by Gasteiger charge is -2.05. The summed E-state index contributed by atoms with van der Waals surface area (Å²) in [6.45, 7) is 1.80. The van der Waals surface area contributed by atoms with E-state index < -0.39 is 11.5 Å². The highest BCUT2D eigenvalue weighted by Gasteiger charge is 2.16. The molecule has 2 rings (SSSR count). The zero-order valence-corrected chi connectivity index (χ0v) is 9.08. The van der Waals surface area contributed by atoms with Crippen molar-refractivity contribution in [1.82, 2.24) is 9.71 Å². The molecule has 2 heterocycles. The van der Waals surface area contributed by atoms with E-state index in [0.29, 0.717) is 10.1 Å². The first kappa shape index (κ1) is 11.1. The minimum absolute atomic E-state index is 0.102. The Morgan fingerprint density at radius 3 is 3.06 bits per heavy atom. The Morgan fingerprint density at radius 2 is 2.35 bits per heavy atom. The van der Waals surface area contributed by atoms with E-state index in [0.717, 1.165) is 0 Å². The summed E-state index contributed by atoms with van der Waals surface area (Å²) in [7, 11) is 0. The number of nitrogens with zero attached hydrogens (tertiary/aromatic N) is 2. The zero-order valence-electron chi connectivity index (χ0n) is 9.08. The standard InChI is InChI=1S/C11H10N2O4/c1-2-17-11(15)8-6-7-4-3-5-12-9(7)13(16)10(8)14/h3-6,16H,2H2,1H3. The van der Waals surface area contributed by atoms with E-state index in [1.54, 1.807) is 19.1 Å². The Hall–Kier alpha value is -2.37. The molecule has 17 heavy (non-hydrogen) atoms. The number of esters is 1. The first-order chi connectivity index (χ1) is 8.15. The average Bonchev–Trinajstić information content (AvgIpc) is 2.34. The van der Waals surface area contributed by atoms with Crippen molar-refractivity contribution < 1.29 is 14.7 Å². The summed E-state index contributed by atoms with van der Waals surface area (Å²) in [4.78, 5) is 27.0. The molecule has 0 saturated carbocycles. The predicted molar refractivity (Wildman–Crippen MR) is 59.1 cm³/mol. The van der Waals surface area contributed by atoms with Gasteiger partial charge in [0.15, 0.2) is 5.65 Å². The van der Waals surface area contributed by atoms with Gasteiger partial charge in [-0.05, 0) is 25.1 Å². The van der Waals surface area contributed by atoms with Crippen LogP contribution in [-0.2, 0) is 4.74 Å². The van der Waals surface area contributed by atoms with Gasteiger partial charge in [-0.2, -0.15) is 0 Å². The van der Waals surface area contributed by atoms with Crippen molar-refractivity contribution in [3.05, 3.63) is 40.3 Å². The average molecular weight is 234 g/mol. The van der Waals surface area contributed by atoms with Crippen molar-refractivity contribution in [3.8, 4) is 0 Å². The van der Waals surface area contributed by atoms with Gasteiger partial charge in [0.1, 0.15) is 5.56 Å². The van der Waals surface area contributed by atoms with Crippen molar-refractivity contribution in [2.75, 3.05) is 6.61 Å². The fourth-order valence-corrected chi connectivity index (χ4v) is 1.48. The summed E-state index contributed by atoms with van der Waals surface area (Å²) < 4.78 is 5.08. The number of aromatic nitrogens is 2. The molecule has 0 saturated heterocycles. The Balaban J connectivity index is 2.70. The topological polar surface area (TPSA) is 81.4 Å². The third-order valence-corrected chi connectivity index (χ3v) is 2.24. The summed E-state index contributed by atoms with van der Waals surface area (Å²) in [6, 6.07) is 4.63. The molecule has 2 aromatic heterocycles. The summed E-state index contributed by atoms with van der Waals surface area (Å²) in [5.74, 6) is -0.758. The molecule has 0 fully saturated rings. The molecule has 0 radical (unpaired) electrons. The van der Waals surface area contributed by atoms with Crippen molar-refractivity contribution in [2.45, 2.75) is 6.92 Å². The molecule has 0 bridgehead atoms. The molecule has 1 N–H and O–H groups in total. The number of hydrogen-bond donors (Lipinski definition) is 1. The Labute approximate surface area is 96.0 Å². The van der Waals surface area contributed by atoms with Gasteiger partial charge in [-0.1, -0.05) is 0 Å². The number of hydrogen-bond acceptors (Lipinski definition) is 5. The molecule has 0 atom stereocenters. The zero-order chi connectivity index (χ0) is 12.4. The van der Waals surface area contributed by atoms with Gasteiger partial charge in [-0.15, -0.1) is 4.73 Å². The number of carbonyl (C=O) groups is 1. The fourth-order valence-electron chi connectivity index (χ4n) is 1.48. The van der Waals surface area contributed by atoms with E-state index in [4.69, 9.17) is 4.74 Å². The molecule has 88 valence electrons. The van der Waals surface area contributed by atoms with Gasteiger partial charge >= 0.3 is 5.97 Å². The SMILES string of the molecule is CCOC(=O)c1cc2cccnc2n(O)c1=O. The molecule has 6 heteroatoms. The van der Waals surface area contributed by atoms with Crippen LogP contribution >= 0.6 is 0 Å². The summed E-state index contributed by atoms with van der Waals surface area (Å²) in [5, 5.41) is 10.1. The maximum Gasteiger partial charge on any atom is 0.343 e. The minimum Gasteiger partial charge on any atom is -0.462 e. The van der Waals surface area contributed by atoms with Crippen LogP contribution in [-0.4, -0.2) is 27.5 Å². The lowest BCUT2D eigenvalue weighted by molar-refractivity contribution is 0.0519. The summed E-state index contributed by atoms with van der Waals surface area (Å²) >= 11 is 0. The second kappa shape index (κ2) is 4.25. The maximum absolute atomic E-state index is 11.7. The van der Waals surface area contributed by atoms with Crippen LogP contribution in [0.15, 0.2) is 29.2 Å². The lowest BCUT2D eigenvalue weighted by atomic mass is 10.2. The molecule has 0 aliphatic heterocycles. The first-order valence-corrected chi connectivity index (χ1v) is 5.02. The van der Waals surface area contributed by atoms with E-state index in [1.165, 1.54) is 12.3 Å². The van der Waals surface area contributed by atoms with Crippen LogP contribution in [0.1, 0.15) is 17.3 Å². The van der Waals surface area contributed by atoms with Gasteiger partial charge in [-0.25, -0.2) is 9.78 Å². The van der Waals surface area contributed by atoms with Crippen molar-refractivity contribution in [1.29, 1.82) is 0 Å². The Bertz CT molecular complexity index is 633.